The minimum Gasteiger partial charge on any atom is -0.494 e. The molecule has 40 heavy (non-hydrogen) atoms. The van der Waals surface area contributed by atoms with Gasteiger partial charge in [-0.15, -0.1) is 0 Å². The topological polar surface area (TPSA) is 85.5 Å². The van der Waals surface area contributed by atoms with E-state index >= 15 is 0 Å². The highest BCUT2D eigenvalue weighted by molar-refractivity contribution is 6.06. The molecule has 0 unspecified atom stereocenters. The van der Waals surface area contributed by atoms with Gasteiger partial charge in [0.1, 0.15) is 16.9 Å². The van der Waals surface area contributed by atoms with Crippen molar-refractivity contribution in [2.45, 2.75) is 32.6 Å². The second-order valence-electron chi connectivity index (χ2n) is 10.0. The van der Waals surface area contributed by atoms with E-state index in [4.69, 9.17) is 23.6 Å². The molecule has 1 amide bonds. The van der Waals surface area contributed by atoms with Gasteiger partial charge in [-0.3, -0.25) is 4.79 Å². The molecule has 3 aromatic carbocycles. The van der Waals surface area contributed by atoms with Crippen LogP contribution in [-0.4, -0.2) is 39.8 Å². The standard InChI is InChI=1S/C32H33N3O5/c1-4-39-24-12-9-22(10-13-24)34-32-26(31(36)33-23-11-14-27(37-2)28(19-23)38-3)18-21-17-20-7-5-15-35-16-6-8-25(29(20)35)30(21)40-32/h9-14,17-19H,4-8,15-16H2,1-3H3,(H,33,36). The number of hydrogen-bond acceptors (Lipinski definition) is 7. The van der Waals surface area contributed by atoms with Gasteiger partial charge in [-0.2, -0.15) is 0 Å². The molecule has 2 aliphatic heterocycles. The molecule has 1 aromatic heterocycles. The van der Waals surface area contributed by atoms with Crippen LogP contribution in [0.3, 0.4) is 0 Å². The van der Waals surface area contributed by atoms with Crippen molar-refractivity contribution in [2.75, 3.05) is 44.1 Å². The number of methoxy groups -OCH3 is 2. The van der Waals surface area contributed by atoms with Crippen LogP contribution in [0.15, 0.2) is 64.0 Å². The largest absolute Gasteiger partial charge is 0.494 e. The van der Waals surface area contributed by atoms with Gasteiger partial charge in [-0.1, -0.05) is 0 Å². The quantitative estimate of drug-likeness (QED) is 0.309. The van der Waals surface area contributed by atoms with Crippen molar-refractivity contribution in [3.05, 3.63) is 76.8 Å². The van der Waals surface area contributed by atoms with Crippen LogP contribution >= 0.6 is 0 Å². The molecule has 0 atom stereocenters. The highest BCUT2D eigenvalue weighted by Gasteiger charge is 2.27. The lowest BCUT2D eigenvalue weighted by Crippen LogP contribution is -2.34. The van der Waals surface area contributed by atoms with Crippen LogP contribution in [0.25, 0.3) is 11.0 Å². The number of hydrogen-bond donors (Lipinski definition) is 1. The monoisotopic (exact) mass is 539 g/mol. The molecule has 8 heteroatoms. The summed E-state index contributed by atoms with van der Waals surface area (Å²) in [4.78, 5) is 21.0. The Hall–Kier alpha value is -4.46. The highest BCUT2D eigenvalue weighted by atomic mass is 16.5. The number of anilines is 2. The molecule has 6 rings (SSSR count). The van der Waals surface area contributed by atoms with Crippen LogP contribution in [0.5, 0.6) is 17.2 Å². The van der Waals surface area contributed by atoms with Crippen LogP contribution in [-0.2, 0) is 12.8 Å². The third-order valence-electron chi connectivity index (χ3n) is 7.49. The molecule has 0 spiro atoms. The van der Waals surface area contributed by atoms with E-state index in [9.17, 15) is 4.79 Å². The molecule has 0 aliphatic carbocycles. The van der Waals surface area contributed by atoms with Gasteiger partial charge in [-0.05, 0) is 86.7 Å². The summed E-state index contributed by atoms with van der Waals surface area (Å²) in [5, 5.41) is 3.90. The number of carbonyl (C=O) groups is 1. The van der Waals surface area contributed by atoms with Crippen LogP contribution < -0.4 is 30.0 Å². The fraction of sp³-hybridized carbons (Fsp3) is 0.312. The Labute approximate surface area is 233 Å². The van der Waals surface area contributed by atoms with Crippen LogP contribution in [0.2, 0.25) is 0 Å². The molecule has 206 valence electrons. The molecular weight excluding hydrogens is 506 g/mol. The van der Waals surface area contributed by atoms with Gasteiger partial charge in [0, 0.05) is 41.5 Å². The maximum Gasteiger partial charge on any atom is 0.261 e. The summed E-state index contributed by atoms with van der Waals surface area (Å²) in [6.45, 7) is 4.67. The number of carbonyl (C=O) groups excluding carboxylic acids is 1. The Morgan fingerprint density at radius 2 is 1.75 bits per heavy atom. The summed E-state index contributed by atoms with van der Waals surface area (Å²) in [7, 11) is 3.14. The molecule has 3 heterocycles. The van der Waals surface area contributed by atoms with Crippen molar-refractivity contribution in [1.82, 2.24) is 0 Å². The molecule has 0 bridgehead atoms. The van der Waals surface area contributed by atoms with Gasteiger partial charge in [0.05, 0.1) is 26.5 Å². The summed E-state index contributed by atoms with van der Waals surface area (Å²) >= 11 is 0. The first-order valence-corrected chi connectivity index (χ1v) is 13.8. The second-order valence-corrected chi connectivity index (χ2v) is 10.0. The first kappa shape index (κ1) is 25.8. The molecule has 4 aromatic rings. The molecule has 0 saturated carbocycles. The van der Waals surface area contributed by atoms with Gasteiger partial charge in [-0.25, -0.2) is 4.99 Å². The fourth-order valence-electron chi connectivity index (χ4n) is 5.71. The average molecular weight is 540 g/mol. The smallest absolute Gasteiger partial charge is 0.261 e. The van der Waals surface area contributed by atoms with Crippen LogP contribution in [0, 0.1) is 0 Å². The lowest BCUT2D eigenvalue weighted by atomic mass is 9.90. The van der Waals surface area contributed by atoms with Crippen molar-refractivity contribution in [2.24, 2.45) is 4.99 Å². The van der Waals surface area contributed by atoms with E-state index in [0.717, 1.165) is 55.5 Å². The minimum atomic E-state index is -0.324. The van der Waals surface area contributed by atoms with Crippen molar-refractivity contribution in [3.8, 4) is 17.2 Å². The summed E-state index contributed by atoms with van der Waals surface area (Å²) in [6.07, 6.45) is 4.18. The lowest BCUT2D eigenvalue weighted by molar-refractivity contribution is 0.102. The van der Waals surface area contributed by atoms with E-state index < -0.39 is 0 Å². The Kier molecular flexibility index (Phi) is 7.07. The lowest BCUT2D eigenvalue weighted by Gasteiger charge is -2.37. The predicted molar refractivity (Wildman–Crippen MR) is 155 cm³/mol. The van der Waals surface area contributed by atoms with E-state index in [1.54, 1.807) is 32.4 Å². The van der Waals surface area contributed by atoms with E-state index in [0.29, 0.717) is 35.0 Å². The maximum absolute atomic E-state index is 13.7. The number of ether oxygens (including phenoxy) is 3. The van der Waals surface area contributed by atoms with Crippen LogP contribution in [0.4, 0.5) is 17.1 Å². The Bertz CT molecular complexity index is 1640. The number of benzene rings is 3. The zero-order valence-electron chi connectivity index (χ0n) is 23.1. The van der Waals surface area contributed by atoms with Crippen molar-refractivity contribution < 1.29 is 23.4 Å². The first-order chi connectivity index (χ1) is 19.6. The Morgan fingerprint density at radius 1 is 0.975 bits per heavy atom. The Morgan fingerprint density at radius 3 is 2.50 bits per heavy atom. The van der Waals surface area contributed by atoms with E-state index in [-0.39, 0.29) is 11.5 Å². The van der Waals surface area contributed by atoms with Crippen molar-refractivity contribution in [1.29, 1.82) is 0 Å². The predicted octanol–water partition coefficient (Wildman–Crippen LogP) is 6.03. The number of amides is 1. The molecule has 8 nitrogen and oxygen atoms in total. The number of fused-ring (bicyclic) bond motifs is 2. The maximum atomic E-state index is 13.7. The molecule has 0 fully saturated rings. The van der Waals surface area contributed by atoms with Gasteiger partial charge >= 0.3 is 0 Å². The second kappa shape index (κ2) is 11.0. The van der Waals surface area contributed by atoms with Gasteiger partial charge in [0.15, 0.2) is 11.5 Å². The zero-order valence-corrected chi connectivity index (χ0v) is 23.1. The fourth-order valence-corrected chi connectivity index (χ4v) is 5.71. The van der Waals surface area contributed by atoms with Crippen LogP contribution in [0.1, 0.15) is 41.3 Å². The third kappa shape index (κ3) is 4.85. The molecule has 0 radical (unpaired) electrons. The normalized spacial score (nSPS) is 14.6. The molecule has 1 N–H and O–H groups in total. The number of nitrogens with zero attached hydrogens (tertiary/aromatic N) is 2. The van der Waals surface area contributed by atoms with Gasteiger partial charge in [0.25, 0.3) is 5.91 Å². The summed E-state index contributed by atoms with van der Waals surface area (Å²) in [5.41, 5.74) is 6.51. The van der Waals surface area contributed by atoms with Gasteiger partial charge < -0.3 is 28.8 Å². The first-order valence-electron chi connectivity index (χ1n) is 13.8. The molecular formula is C32H33N3O5. The minimum absolute atomic E-state index is 0.263. The number of aryl methyl sites for hydroxylation is 2. The summed E-state index contributed by atoms with van der Waals surface area (Å²) in [6, 6.07) is 16.8. The third-order valence-corrected chi connectivity index (χ3v) is 7.49. The molecule has 2 aliphatic rings. The molecule has 0 saturated heterocycles. The van der Waals surface area contributed by atoms with E-state index in [2.05, 4.69) is 16.3 Å². The summed E-state index contributed by atoms with van der Waals surface area (Å²) in [5.74, 6) is 1.55. The average Bonchev–Trinajstić information content (AvgIpc) is 2.98. The SMILES string of the molecule is CCOc1ccc(N=c2oc3c4c5c(cc3cc2C(=O)Nc2ccc(OC)c(OC)c2)CCCN5CCC4)cc1. The van der Waals surface area contributed by atoms with E-state index in [1.165, 1.54) is 16.8 Å². The van der Waals surface area contributed by atoms with Crippen molar-refractivity contribution >= 4 is 33.9 Å². The highest BCUT2D eigenvalue weighted by Crippen LogP contribution is 2.40. The zero-order chi connectivity index (χ0) is 27.6. The van der Waals surface area contributed by atoms with E-state index in [1.807, 2.05) is 37.3 Å². The van der Waals surface area contributed by atoms with Crippen molar-refractivity contribution in [3.63, 3.8) is 0 Å². The number of nitrogens with one attached hydrogen (secondary N) is 1. The van der Waals surface area contributed by atoms with Gasteiger partial charge in [0.2, 0.25) is 5.55 Å². The Balaban J connectivity index is 1.49. The number of rotatable bonds is 7. The summed E-state index contributed by atoms with van der Waals surface area (Å²) < 4.78 is 22.9.